The van der Waals surface area contributed by atoms with Gasteiger partial charge in [0.15, 0.2) is 28.3 Å². The van der Waals surface area contributed by atoms with Crippen molar-refractivity contribution in [3.63, 3.8) is 0 Å². The summed E-state index contributed by atoms with van der Waals surface area (Å²) in [4.78, 5) is 13.0. The van der Waals surface area contributed by atoms with Crippen LogP contribution >= 0.6 is 11.8 Å². The Balaban J connectivity index is 1.36. The van der Waals surface area contributed by atoms with Crippen LogP contribution in [0.3, 0.4) is 0 Å². The Kier molecular flexibility index (Phi) is 7.46. The summed E-state index contributed by atoms with van der Waals surface area (Å²) >= 11 is 1.35. The molecule has 1 aliphatic rings. The molecule has 8 heteroatoms. The van der Waals surface area contributed by atoms with Crippen molar-refractivity contribution in [2.24, 2.45) is 0 Å². The molecule has 0 atom stereocenters. The van der Waals surface area contributed by atoms with E-state index in [0.717, 1.165) is 22.6 Å². The average molecular weight is 516 g/mol. The van der Waals surface area contributed by atoms with Crippen LogP contribution in [0, 0.1) is 6.92 Å². The maximum absolute atomic E-state index is 13.0. The highest BCUT2D eigenvalue weighted by Crippen LogP contribution is 2.32. The molecule has 0 N–H and O–H groups in total. The SMILES string of the molecule is Cc1ccc(C(C)C)c(OCc2nnc(SCC(=O)c3ccc4c(c3)OCCO4)n2-c2ccccc2)c1. The first-order chi connectivity index (χ1) is 18.0. The molecule has 1 aromatic heterocycles. The fourth-order valence-corrected chi connectivity index (χ4v) is 5.01. The van der Waals surface area contributed by atoms with Gasteiger partial charge in [-0.25, -0.2) is 0 Å². The van der Waals surface area contributed by atoms with Gasteiger partial charge in [0.1, 0.15) is 25.6 Å². The standard InChI is InChI=1S/C29H29N3O4S/c1-19(2)23-11-9-20(3)15-26(23)36-17-28-30-31-29(32(28)22-7-5-4-6-8-22)37-18-24(33)21-10-12-25-27(16-21)35-14-13-34-25/h4-12,15-16,19H,13-14,17-18H2,1-3H3. The Morgan fingerprint density at radius 2 is 1.78 bits per heavy atom. The van der Waals surface area contributed by atoms with Gasteiger partial charge in [0.2, 0.25) is 0 Å². The zero-order valence-corrected chi connectivity index (χ0v) is 22.0. The summed E-state index contributed by atoms with van der Waals surface area (Å²) in [5.41, 5.74) is 3.77. The lowest BCUT2D eigenvalue weighted by atomic mass is 10.0. The highest BCUT2D eigenvalue weighted by atomic mass is 32.2. The van der Waals surface area contributed by atoms with E-state index >= 15 is 0 Å². The van der Waals surface area contributed by atoms with Crippen molar-refractivity contribution in [3.8, 4) is 22.9 Å². The quantitative estimate of drug-likeness (QED) is 0.199. The van der Waals surface area contributed by atoms with Gasteiger partial charge in [-0.15, -0.1) is 10.2 Å². The number of carbonyl (C=O) groups is 1. The third kappa shape index (κ3) is 5.64. The highest BCUT2D eigenvalue weighted by Gasteiger charge is 2.19. The van der Waals surface area contributed by atoms with Gasteiger partial charge < -0.3 is 14.2 Å². The minimum Gasteiger partial charge on any atom is -0.486 e. The summed E-state index contributed by atoms with van der Waals surface area (Å²) in [6.45, 7) is 7.60. The van der Waals surface area contributed by atoms with Gasteiger partial charge in [-0.05, 0) is 60.4 Å². The molecular weight excluding hydrogens is 486 g/mol. The van der Waals surface area contributed by atoms with Crippen LogP contribution in [0.4, 0.5) is 0 Å². The molecule has 0 spiro atoms. The number of benzene rings is 3. The normalized spacial score (nSPS) is 12.5. The number of ketones is 1. The molecule has 4 aromatic rings. The van der Waals surface area contributed by atoms with Gasteiger partial charge in [-0.1, -0.05) is 55.9 Å². The number of aromatic nitrogens is 3. The molecule has 190 valence electrons. The van der Waals surface area contributed by atoms with Gasteiger partial charge in [0.25, 0.3) is 0 Å². The lowest BCUT2D eigenvalue weighted by Crippen LogP contribution is -2.16. The molecule has 5 rings (SSSR count). The fraction of sp³-hybridized carbons (Fsp3) is 0.276. The third-order valence-electron chi connectivity index (χ3n) is 6.06. The second-order valence-electron chi connectivity index (χ2n) is 9.12. The molecule has 7 nitrogen and oxygen atoms in total. The number of ether oxygens (including phenoxy) is 3. The second-order valence-corrected chi connectivity index (χ2v) is 10.1. The van der Waals surface area contributed by atoms with Crippen molar-refractivity contribution >= 4 is 17.5 Å². The minimum atomic E-state index is -0.0243. The third-order valence-corrected chi connectivity index (χ3v) is 6.99. The van der Waals surface area contributed by atoms with E-state index in [2.05, 4.69) is 49.2 Å². The number of thioether (sulfide) groups is 1. The number of carbonyl (C=O) groups excluding carboxylic acids is 1. The van der Waals surface area contributed by atoms with Crippen molar-refractivity contribution in [1.29, 1.82) is 0 Å². The Bertz CT molecular complexity index is 1400. The molecule has 0 amide bonds. The molecular formula is C29H29N3O4S. The van der Waals surface area contributed by atoms with E-state index in [1.54, 1.807) is 18.2 Å². The van der Waals surface area contributed by atoms with E-state index in [1.807, 2.05) is 34.9 Å². The monoisotopic (exact) mass is 515 g/mol. The number of Topliss-reactive ketones (excluding diaryl/α,β-unsaturated/α-hetero) is 1. The van der Waals surface area contributed by atoms with Crippen LogP contribution in [0.15, 0.2) is 71.9 Å². The predicted molar refractivity (Wildman–Crippen MR) is 143 cm³/mol. The number of nitrogens with zero attached hydrogens (tertiary/aromatic N) is 3. The van der Waals surface area contributed by atoms with Gasteiger partial charge >= 0.3 is 0 Å². The van der Waals surface area contributed by atoms with Gasteiger partial charge in [-0.3, -0.25) is 9.36 Å². The van der Waals surface area contributed by atoms with Gasteiger partial charge in [0.05, 0.1) is 5.75 Å². The molecule has 0 saturated heterocycles. The number of hydrogen-bond donors (Lipinski definition) is 0. The zero-order valence-electron chi connectivity index (χ0n) is 21.1. The predicted octanol–water partition coefficient (Wildman–Crippen LogP) is 6.02. The maximum atomic E-state index is 13.0. The molecule has 0 saturated carbocycles. The van der Waals surface area contributed by atoms with E-state index in [0.29, 0.717) is 47.2 Å². The fourth-order valence-electron chi connectivity index (χ4n) is 4.14. The van der Waals surface area contributed by atoms with Crippen LogP contribution in [-0.2, 0) is 6.61 Å². The van der Waals surface area contributed by atoms with E-state index in [9.17, 15) is 4.79 Å². The lowest BCUT2D eigenvalue weighted by molar-refractivity contribution is 0.102. The molecule has 0 aliphatic carbocycles. The van der Waals surface area contributed by atoms with Crippen molar-refractivity contribution in [3.05, 3.63) is 89.2 Å². The van der Waals surface area contributed by atoms with Gasteiger partial charge in [0, 0.05) is 11.3 Å². The first kappa shape index (κ1) is 24.9. The molecule has 3 aromatic carbocycles. The number of hydrogen-bond acceptors (Lipinski definition) is 7. The molecule has 37 heavy (non-hydrogen) atoms. The van der Waals surface area contributed by atoms with Gasteiger partial charge in [-0.2, -0.15) is 0 Å². The molecule has 0 fully saturated rings. The first-order valence-corrected chi connectivity index (χ1v) is 13.3. The first-order valence-electron chi connectivity index (χ1n) is 12.3. The highest BCUT2D eigenvalue weighted by molar-refractivity contribution is 7.99. The number of fused-ring (bicyclic) bond motifs is 1. The maximum Gasteiger partial charge on any atom is 0.196 e. The summed E-state index contributed by atoms with van der Waals surface area (Å²) < 4.78 is 19.4. The topological polar surface area (TPSA) is 75.5 Å². The Morgan fingerprint density at radius 1 is 1.00 bits per heavy atom. The zero-order chi connectivity index (χ0) is 25.8. The van der Waals surface area contributed by atoms with Crippen molar-refractivity contribution in [2.75, 3.05) is 19.0 Å². The van der Waals surface area contributed by atoms with Crippen LogP contribution in [0.1, 0.15) is 47.1 Å². The van der Waals surface area contributed by atoms with E-state index in [-0.39, 0.29) is 18.1 Å². The van der Waals surface area contributed by atoms with Crippen molar-refractivity contribution in [2.45, 2.75) is 38.5 Å². The summed E-state index contributed by atoms with van der Waals surface area (Å²) in [7, 11) is 0. The molecule has 2 heterocycles. The Hall–Kier alpha value is -3.78. The Morgan fingerprint density at radius 3 is 2.57 bits per heavy atom. The lowest BCUT2D eigenvalue weighted by Gasteiger charge is -2.18. The average Bonchev–Trinajstić information content (AvgIpc) is 3.33. The summed E-state index contributed by atoms with van der Waals surface area (Å²) in [6, 6.07) is 21.4. The smallest absolute Gasteiger partial charge is 0.196 e. The van der Waals surface area contributed by atoms with E-state index in [4.69, 9.17) is 14.2 Å². The molecule has 1 aliphatic heterocycles. The van der Waals surface area contributed by atoms with Crippen LogP contribution < -0.4 is 14.2 Å². The minimum absolute atomic E-state index is 0.0243. The van der Waals surface area contributed by atoms with Crippen LogP contribution in [-0.4, -0.2) is 39.5 Å². The largest absolute Gasteiger partial charge is 0.486 e. The van der Waals surface area contributed by atoms with Crippen LogP contribution in [0.5, 0.6) is 17.2 Å². The van der Waals surface area contributed by atoms with Crippen molar-refractivity contribution in [1.82, 2.24) is 14.8 Å². The number of aryl methyl sites for hydroxylation is 1. The summed E-state index contributed by atoms with van der Waals surface area (Å²) in [6.07, 6.45) is 0. The van der Waals surface area contributed by atoms with E-state index in [1.165, 1.54) is 11.8 Å². The van der Waals surface area contributed by atoms with Crippen LogP contribution in [0.2, 0.25) is 0 Å². The molecule has 0 bridgehead atoms. The number of rotatable bonds is 9. The van der Waals surface area contributed by atoms with Crippen molar-refractivity contribution < 1.29 is 19.0 Å². The Labute approximate surface area is 220 Å². The summed E-state index contributed by atoms with van der Waals surface area (Å²) in [5, 5.41) is 9.48. The van der Waals surface area contributed by atoms with Crippen LogP contribution in [0.25, 0.3) is 5.69 Å². The second kappa shape index (κ2) is 11.1. The van der Waals surface area contributed by atoms with E-state index < -0.39 is 0 Å². The number of para-hydroxylation sites is 1. The molecule has 0 radical (unpaired) electrons. The summed E-state index contributed by atoms with van der Waals surface area (Å²) in [5.74, 6) is 3.30. The molecule has 0 unspecified atom stereocenters.